The Labute approximate surface area is 192 Å². The number of fused-ring (bicyclic) bond motifs is 1. The molecule has 3 heterocycles. The number of hydrogen-bond acceptors (Lipinski definition) is 6. The summed E-state index contributed by atoms with van der Waals surface area (Å²) in [4.78, 5) is 1.09. The van der Waals surface area contributed by atoms with E-state index in [2.05, 4.69) is 20.8 Å². The maximum absolute atomic E-state index is 14.4. The molecule has 0 aliphatic carbocycles. The van der Waals surface area contributed by atoms with Crippen LogP contribution in [0, 0.1) is 19.7 Å². The van der Waals surface area contributed by atoms with Crippen molar-refractivity contribution in [2.75, 3.05) is 0 Å². The molecular weight excluding hydrogens is 449 g/mol. The van der Waals surface area contributed by atoms with Crippen molar-refractivity contribution >= 4 is 33.2 Å². The van der Waals surface area contributed by atoms with Crippen LogP contribution in [0.1, 0.15) is 33.4 Å². The van der Waals surface area contributed by atoms with Gasteiger partial charge in [-0.3, -0.25) is 5.32 Å². The van der Waals surface area contributed by atoms with Crippen molar-refractivity contribution in [3.05, 3.63) is 93.0 Å². The third-order valence-corrected chi connectivity index (χ3v) is 6.74. The van der Waals surface area contributed by atoms with E-state index in [1.807, 2.05) is 44.2 Å². The van der Waals surface area contributed by atoms with Crippen molar-refractivity contribution in [2.45, 2.75) is 26.4 Å². The number of hydrogen-bond donors (Lipinski definition) is 1. The van der Waals surface area contributed by atoms with Crippen molar-refractivity contribution < 1.29 is 8.81 Å². The quantitative estimate of drug-likeness (QED) is 0.344. The highest BCUT2D eigenvalue weighted by atomic mass is 35.5. The zero-order valence-corrected chi connectivity index (χ0v) is 18.9. The number of nitrogens with zero attached hydrogens (tertiary/aromatic N) is 4. The largest absolute Gasteiger partial charge is 0.463 e. The summed E-state index contributed by atoms with van der Waals surface area (Å²) < 4.78 is 22.6. The lowest BCUT2D eigenvalue weighted by molar-refractivity contribution is 0.555. The Morgan fingerprint density at radius 1 is 1.16 bits per heavy atom. The Balaban J connectivity index is 1.56. The van der Waals surface area contributed by atoms with E-state index < -0.39 is 11.9 Å². The molecule has 0 amide bonds. The fourth-order valence-electron chi connectivity index (χ4n) is 3.83. The Morgan fingerprint density at radius 3 is 2.72 bits per heavy atom. The van der Waals surface area contributed by atoms with Gasteiger partial charge in [0.15, 0.2) is 5.82 Å². The van der Waals surface area contributed by atoms with Gasteiger partial charge in [-0.1, -0.05) is 35.9 Å². The molecule has 1 atom stereocenters. The van der Waals surface area contributed by atoms with Gasteiger partial charge in [0.2, 0.25) is 0 Å². The second-order valence-corrected chi connectivity index (χ2v) is 9.11. The number of aromatic nitrogens is 4. The van der Waals surface area contributed by atoms with Gasteiger partial charge in [0.1, 0.15) is 11.4 Å². The van der Waals surface area contributed by atoms with Crippen LogP contribution < -0.4 is 5.32 Å². The molecule has 0 radical (unpaired) electrons. The molecule has 0 aliphatic heterocycles. The van der Waals surface area contributed by atoms with Crippen molar-refractivity contribution in [2.24, 2.45) is 0 Å². The number of halogens is 2. The lowest BCUT2D eigenvalue weighted by atomic mass is 10.0. The van der Waals surface area contributed by atoms with Crippen molar-refractivity contribution in [1.29, 1.82) is 0 Å². The van der Waals surface area contributed by atoms with Crippen LogP contribution in [0.2, 0.25) is 5.02 Å². The van der Waals surface area contributed by atoms with E-state index in [4.69, 9.17) is 16.0 Å². The van der Waals surface area contributed by atoms with Gasteiger partial charge < -0.3 is 4.42 Å². The predicted molar refractivity (Wildman–Crippen MR) is 123 cm³/mol. The fraction of sp³-hybridized carbons (Fsp3) is 0.174. The first-order valence-electron chi connectivity index (χ1n) is 10.0. The summed E-state index contributed by atoms with van der Waals surface area (Å²) in [5.74, 6) is 0.0695. The molecule has 0 aliphatic rings. The number of thiophene rings is 1. The van der Waals surface area contributed by atoms with Gasteiger partial charge in [-0.15, -0.1) is 16.4 Å². The van der Waals surface area contributed by atoms with Gasteiger partial charge >= 0.3 is 0 Å². The zero-order valence-electron chi connectivity index (χ0n) is 17.3. The molecule has 6 nitrogen and oxygen atoms in total. The van der Waals surface area contributed by atoms with Gasteiger partial charge in [-0.05, 0) is 65.2 Å². The van der Waals surface area contributed by atoms with Crippen LogP contribution in [-0.4, -0.2) is 20.2 Å². The van der Waals surface area contributed by atoms with E-state index in [0.29, 0.717) is 17.9 Å². The number of para-hydroxylation sites is 1. The maximum Gasteiger partial charge on any atom is 0.178 e. The molecule has 9 heteroatoms. The average molecular weight is 468 g/mol. The predicted octanol–water partition coefficient (Wildman–Crippen LogP) is 5.76. The summed E-state index contributed by atoms with van der Waals surface area (Å²) in [5, 5.41) is 16.1. The molecule has 0 spiro atoms. The summed E-state index contributed by atoms with van der Waals surface area (Å²) in [6.07, 6.45) is 1.68. The molecule has 5 aromatic rings. The van der Waals surface area contributed by atoms with Crippen LogP contribution in [0.4, 0.5) is 4.39 Å². The van der Waals surface area contributed by atoms with Crippen molar-refractivity contribution in [3.8, 4) is 5.69 Å². The van der Waals surface area contributed by atoms with E-state index in [1.54, 1.807) is 34.4 Å². The molecule has 3 aromatic heterocycles. The summed E-state index contributed by atoms with van der Waals surface area (Å²) in [6, 6.07) is 14.2. The van der Waals surface area contributed by atoms with Gasteiger partial charge in [-0.25, -0.2) is 4.39 Å². The zero-order chi connectivity index (χ0) is 22.2. The second kappa shape index (κ2) is 8.46. The summed E-state index contributed by atoms with van der Waals surface area (Å²) in [5.41, 5.74) is 4.51. The average Bonchev–Trinajstić information content (AvgIpc) is 3.48. The van der Waals surface area contributed by atoms with E-state index in [1.165, 1.54) is 6.07 Å². The van der Waals surface area contributed by atoms with E-state index >= 15 is 0 Å². The highest BCUT2D eigenvalue weighted by Crippen LogP contribution is 2.30. The molecule has 1 N–H and O–H groups in total. The molecule has 1 unspecified atom stereocenters. The SMILES string of the molecule is Cc1cccc(C)c1-n1nnnc1C(NCc1cc2occc2s1)c1ccc(Cl)c(F)c1. The smallest absolute Gasteiger partial charge is 0.178 e. The number of nitrogens with one attached hydrogen (secondary N) is 1. The van der Waals surface area contributed by atoms with Crippen LogP contribution in [-0.2, 0) is 6.54 Å². The lowest BCUT2D eigenvalue weighted by Gasteiger charge is -2.20. The summed E-state index contributed by atoms with van der Waals surface area (Å²) in [7, 11) is 0. The fourth-order valence-corrected chi connectivity index (χ4v) is 4.88. The highest BCUT2D eigenvalue weighted by Gasteiger charge is 2.24. The van der Waals surface area contributed by atoms with Crippen LogP contribution in [0.15, 0.2) is 59.2 Å². The topological polar surface area (TPSA) is 68.8 Å². The number of benzene rings is 2. The van der Waals surface area contributed by atoms with Crippen LogP contribution in [0.3, 0.4) is 0 Å². The number of rotatable bonds is 6. The first-order valence-corrected chi connectivity index (χ1v) is 11.2. The van der Waals surface area contributed by atoms with E-state index in [-0.39, 0.29) is 5.02 Å². The molecule has 0 fully saturated rings. The van der Waals surface area contributed by atoms with Gasteiger partial charge in [0, 0.05) is 11.4 Å². The normalized spacial score (nSPS) is 12.5. The molecule has 162 valence electrons. The van der Waals surface area contributed by atoms with E-state index in [0.717, 1.165) is 32.0 Å². The molecule has 0 saturated heterocycles. The molecule has 0 bridgehead atoms. The van der Waals surface area contributed by atoms with Crippen molar-refractivity contribution in [1.82, 2.24) is 25.5 Å². The van der Waals surface area contributed by atoms with E-state index in [9.17, 15) is 4.39 Å². The number of furan rings is 1. The van der Waals surface area contributed by atoms with Crippen LogP contribution >= 0.6 is 22.9 Å². The van der Waals surface area contributed by atoms with Gasteiger partial charge in [0.25, 0.3) is 0 Å². The lowest BCUT2D eigenvalue weighted by Crippen LogP contribution is -2.25. The Hall–Kier alpha value is -3.07. The molecule has 32 heavy (non-hydrogen) atoms. The standard InChI is InChI=1S/C23H19ClFN5OS/c1-13-4-3-5-14(2)22(13)30-23(27-28-29-30)21(15-6-7-17(24)18(25)10-15)26-12-16-11-19-20(32-16)8-9-31-19/h3-11,21,26H,12H2,1-2H3. The number of aryl methyl sites for hydroxylation is 2. The molecule has 2 aromatic carbocycles. The Morgan fingerprint density at radius 2 is 1.97 bits per heavy atom. The summed E-state index contributed by atoms with van der Waals surface area (Å²) in [6.45, 7) is 4.56. The van der Waals surface area contributed by atoms with Crippen molar-refractivity contribution in [3.63, 3.8) is 0 Å². The Kier molecular flexibility index (Phi) is 5.50. The highest BCUT2D eigenvalue weighted by molar-refractivity contribution is 7.18. The molecular formula is C23H19ClFN5OS. The van der Waals surface area contributed by atoms with Crippen LogP contribution in [0.5, 0.6) is 0 Å². The maximum atomic E-state index is 14.4. The second-order valence-electron chi connectivity index (χ2n) is 7.54. The Bertz CT molecular complexity index is 1360. The summed E-state index contributed by atoms with van der Waals surface area (Å²) >= 11 is 7.57. The first-order chi connectivity index (χ1) is 15.5. The minimum atomic E-state index is -0.490. The third-order valence-electron chi connectivity index (χ3n) is 5.35. The molecule has 0 saturated carbocycles. The number of tetrazole rings is 1. The third kappa shape index (κ3) is 3.81. The minimum Gasteiger partial charge on any atom is -0.463 e. The minimum absolute atomic E-state index is 0.0699. The van der Waals surface area contributed by atoms with Crippen LogP contribution in [0.25, 0.3) is 16.0 Å². The monoisotopic (exact) mass is 467 g/mol. The van der Waals surface area contributed by atoms with Gasteiger partial charge in [-0.2, -0.15) is 4.68 Å². The van der Waals surface area contributed by atoms with Gasteiger partial charge in [0.05, 0.1) is 27.7 Å². The molecule has 5 rings (SSSR count). The first kappa shape index (κ1) is 20.8.